The van der Waals surface area contributed by atoms with E-state index >= 15 is 0 Å². The monoisotopic (exact) mass is 249 g/mol. The summed E-state index contributed by atoms with van der Waals surface area (Å²) < 4.78 is 22.7. The van der Waals surface area contributed by atoms with Crippen LogP contribution in [0.2, 0.25) is 0 Å². The van der Waals surface area contributed by atoms with Crippen LogP contribution < -0.4 is 0 Å². The summed E-state index contributed by atoms with van der Waals surface area (Å²) in [6.45, 7) is 1.93. The van der Waals surface area contributed by atoms with Crippen molar-refractivity contribution >= 4 is 9.84 Å². The zero-order valence-corrected chi connectivity index (χ0v) is 10.3. The highest BCUT2D eigenvalue weighted by Gasteiger charge is 2.13. The Morgan fingerprint density at radius 2 is 1.88 bits per heavy atom. The summed E-state index contributed by atoms with van der Waals surface area (Å²) in [5.74, 6) is 0. The maximum atomic E-state index is 11.3. The first-order valence-electron chi connectivity index (χ1n) is 4.94. The SMILES string of the molecule is Cc1ccccc1-c1cnnc(S(C)(=O)=O)n1. The van der Waals surface area contributed by atoms with E-state index in [0.29, 0.717) is 5.69 Å². The van der Waals surface area contributed by atoms with Gasteiger partial charge in [0.2, 0.25) is 9.84 Å². The summed E-state index contributed by atoms with van der Waals surface area (Å²) in [6.07, 6.45) is 2.52. The van der Waals surface area contributed by atoms with Crippen LogP contribution in [0.3, 0.4) is 0 Å². The summed E-state index contributed by atoms with van der Waals surface area (Å²) in [4.78, 5) is 4.01. The largest absolute Gasteiger partial charge is 0.267 e. The number of rotatable bonds is 2. The fourth-order valence-corrected chi connectivity index (χ4v) is 1.89. The van der Waals surface area contributed by atoms with Crippen LogP contribution in [0.4, 0.5) is 0 Å². The second kappa shape index (κ2) is 4.21. The first kappa shape index (κ1) is 11.7. The van der Waals surface area contributed by atoms with Crippen LogP contribution in [0, 0.1) is 6.92 Å². The van der Waals surface area contributed by atoms with Gasteiger partial charge in [0.15, 0.2) is 0 Å². The van der Waals surface area contributed by atoms with Gasteiger partial charge in [-0.3, -0.25) is 0 Å². The Morgan fingerprint density at radius 3 is 2.53 bits per heavy atom. The van der Waals surface area contributed by atoms with Gasteiger partial charge in [0.1, 0.15) is 0 Å². The molecule has 17 heavy (non-hydrogen) atoms. The van der Waals surface area contributed by atoms with Crippen molar-refractivity contribution in [2.75, 3.05) is 6.26 Å². The highest BCUT2D eigenvalue weighted by atomic mass is 32.2. The molecule has 0 amide bonds. The standard InChI is InChI=1S/C11H11N3O2S/c1-8-5-3-4-6-9(8)10-7-12-14-11(13-10)17(2,15)16/h3-7H,1-2H3. The predicted molar refractivity (Wildman–Crippen MR) is 63.1 cm³/mol. The summed E-state index contributed by atoms with van der Waals surface area (Å²) in [5.41, 5.74) is 2.37. The van der Waals surface area contributed by atoms with E-state index in [1.54, 1.807) is 0 Å². The first-order chi connectivity index (χ1) is 7.98. The first-order valence-corrected chi connectivity index (χ1v) is 6.83. The third-order valence-corrected chi connectivity index (χ3v) is 3.13. The second-order valence-electron chi connectivity index (χ2n) is 3.71. The molecule has 0 unspecified atom stereocenters. The molecule has 0 saturated heterocycles. The average molecular weight is 249 g/mol. The molecule has 0 atom stereocenters. The van der Waals surface area contributed by atoms with Gasteiger partial charge in [0, 0.05) is 11.8 Å². The van der Waals surface area contributed by atoms with Gasteiger partial charge in [-0.1, -0.05) is 24.3 Å². The lowest BCUT2D eigenvalue weighted by Gasteiger charge is -2.04. The van der Waals surface area contributed by atoms with Gasteiger partial charge in [-0.25, -0.2) is 13.4 Å². The van der Waals surface area contributed by atoms with Crippen LogP contribution in [-0.2, 0) is 9.84 Å². The molecule has 0 fully saturated rings. The highest BCUT2D eigenvalue weighted by molar-refractivity contribution is 7.90. The zero-order valence-electron chi connectivity index (χ0n) is 9.45. The van der Waals surface area contributed by atoms with E-state index in [4.69, 9.17) is 0 Å². The van der Waals surface area contributed by atoms with E-state index in [0.717, 1.165) is 17.4 Å². The summed E-state index contributed by atoms with van der Waals surface area (Å²) in [5, 5.41) is 6.94. The number of nitrogens with zero attached hydrogens (tertiary/aromatic N) is 3. The van der Waals surface area contributed by atoms with Crippen molar-refractivity contribution in [2.45, 2.75) is 12.1 Å². The van der Waals surface area contributed by atoms with Gasteiger partial charge in [0.05, 0.1) is 11.9 Å². The Bertz CT molecular complexity index is 653. The van der Waals surface area contributed by atoms with Crippen LogP contribution in [0.1, 0.15) is 5.56 Å². The Labute approximate surface area is 99.5 Å². The van der Waals surface area contributed by atoms with Crippen LogP contribution >= 0.6 is 0 Å². The lowest BCUT2D eigenvalue weighted by atomic mass is 10.1. The molecule has 1 aromatic heterocycles. The van der Waals surface area contributed by atoms with E-state index in [9.17, 15) is 8.42 Å². The van der Waals surface area contributed by atoms with Crippen molar-refractivity contribution in [2.24, 2.45) is 0 Å². The fourth-order valence-electron chi connectivity index (χ4n) is 1.43. The number of aryl methyl sites for hydroxylation is 1. The Kier molecular flexibility index (Phi) is 2.89. The van der Waals surface area contributed by atoms with Gasteiger partial charge in [-0.15, -0.1) is 5.10 Å². The maximum Gasteiger partial charge on any atom is 0.267 e. The van der Waals surface area contributed by atoms with Gasteiger partial charge < -0.3 is 0 Å². The van der Waals surface area contributed by atoms with Crippen LogP contribution in [0.5, 0.6) is 0 Å². The molecule has 0 N–H and O–H groups in total. The molecule has 0 spiro atoms. The van der Waals surface area contributed by atoms with E-state index in [1.807, 2.05) is 31.2 Å². The molecule has 2 aromatic rings. The lowest BCUT2D eigenvalue weighted by molar-refractivity contribution is 0.589. The number of benzene rings is 1. The van der Waals surface area contributed by atoms with Gasteiger partial charge >= 0.3 is 0 Å². The van der Waals surface area contributed by atoms with Crippen molar-refractivity contribution < 1.29 is 8.42 Å². The van der Waals surface area contributed by atoms with E-state index in [-0.39, 0.29) is 5.16 Å². The summed E-state index contributed by atoms with van der Waals surface area (Å²) in [7, 11) is -3.43. The molecule has 0 bridgehead atoms. The van der Waals surface area contributed by atoms with Crippen LogP contribution in [0.25, 0.3) is 11.3 Å². The molecule has 0 radical (unpaired) electrons. The Hall–Kier alpha value is -1.82. The van der Waals surface area contributed by atoms with Crippen molar-refractivity contribution in [3.8, 4) is 11.3 Å². The third kappa shape index (κ3) is 2.47. The minimum Gasteiger partial charge on any atom is -0.221 e. The third-order valence-electron chi connectivity index (χ3n) is 2.29. The number of hydrogen-bond donors (Lipinski definition) is 0. The van der Waals surface area contributed by atoms with Crippen LogP contribution in [0.15, 0.2) is 35.6 Å². The summed E-state index contributed by atoms with van der Waals surface area (Å²) >= 11 is 0. The van der Waals surface area contributed by atoms with Crippen molar-refractivity contribution in [3.05, 3.63) is 36.0 Å². The Morgan fingerprint density at radius 1 is 1.18 bits per heavy atom. The normalized spacial score (nSPS) is 11.4. The molecule has 0 aliphatic carbocycles. The topological polar surface area (TPSA) is 72.8 Å². The minimum atomic E-state index is -3.43. The van der Waals surface area contributed by atoms with E-state index in [2.05, 4.69) is 15.2 Å². The van der Waals surface area contributed by atoms with Crippen molar-refractivity contribution in [1.82, 2.24) is 15.2 Å². The smallest absolute Gasteiger partial charge is 0.221 e. The van der Waals surface area contributed by atoms with Crippen molar-refractivity contribution in [1.29, 1.82) is 0 Å². The molecule has 1 heterocycles. The minimum absolute atomic E-state index is 0.252. The van der Waals surface area contributed by atoms with E-state index in [1.165, 1.54) is 6.20 Å². The quantitative estimate of drug-likeness (QED) is 0.801. The van der Waals surface area contributed by atoms with E-state index < -0.39 is 9.84 Å². The molecule has 5 nitrogen and oxygen atoms in total. The maximum absolute atomic E-state index is 11.3. The van der Waals surface area contributed by atoms with Gasteiger partial charge in [-0.05, 0) is 12.5 Å². The van der Waals surface area contributed by atoms with Gasteiger partial charge in [-0.2, -0.15) is 5.10 Å². The molecular weight excluding hydrogens is 238 g/mol. The number of aromatic nitrogens is 3. The number of sulfone groups is 1. The lowest BCUT2D eigenvalue weighted by Crippen LogP contribution is -2.06. The zero-order chi connectivity index (χ0) is 12.5. The van der Waals surface area contributed by atoms with Gasteiger partial charge in [0.25, 0.3) is 5.16 Å². The molecule has 88 valence electrons. The molecule has 2 rings (SSSR count). The van der Waals surface area contributed by atoms with Crippen LogP contribution in [-0.4, -0.2) is 29.9 Å². The predicted octanol–water partition coefficient (Wildman–Crippen LogP) is 1.25. The number of hydrogen-bond acceptors (Lipinski definition) is 5. The molecule has 0 aliphatic heterocycles. The molecular formula is C11H11N3O2S. The van der Waals surface area contributed by atoms with Crippen molar-refractivity contribution in [3.63, 3.8) is 0 Å². The molecule has 0 aliphatic rings. The molecule has 6 heteroatoms. The average Bonchev–Trinajstić information content (AvgIpc) is 2.29. The molecule has 0 saturated carbocycles. The summed E-state index contributed by atoms with van der Waals surface area (Å²) in [6, 6.07) is 7.57. The fraction of sp³-hybridized carbons (Fsp3) is 0.182. The molecule has 1 aromatic carbocycles. The highest BCUT2D eigenvalue weighted by Crippen LogP contribution is 2.20. The Balaban J connectivity index is 2.59. The second-order valence-corrected chi connectivity index (χ2v) is 5.62.